The maximum atomic E-state index is 11.8. The third-order valence-electron chi connectivity index (χ3n) is 2.54. The van der Waals surface area contributed by atoms with Crippen LogP contribution in [-0.2, 0) is 4.79 Å². The topological polar surface area (TPSA) is 87.2 Å². The van der Waals surface area contributed by atoms with Gasteiger partial charge in [0.1, 0.15) is 11.6 Å². The molecule has 0 aliphatic rings. The van der Waals surface area contributed by atoms with Gasteiger partial charge in [-0.3, -0.25) is 14.9 Å². The summed E-state index contributed by atoms with van der Waals surface area (Å²) < 4.78 is 0. The van der Waals surface area contributed by atoms with E-state index < -0.39 is 4.92 Å². The second kappa shape index (κ2) is 7.26. The van der Waals surface area contributed by atoms with E-state index >= 15 is 0 Å². The summed E-state index contributed by atoms with van der Waals surface area (Å²) in [5, 5.41) is 19.3. The summed E-state index contributed by atoms with van der Waals surface area (Å²) in [6.07, 6.45) is 2.72. The number of halogens is 1. The standard InChI is InChI=1S/C13H12ClN3O3/c1-2-16(8-7-15)13(18)6-4-10-3-5-11(14)12(9-10)17(19)20/h3-6,9H,2,8H2,1H3. The number of nitro groups is 1. The lowest BCUT2D eigenvalue weighted by Crippen LogP contribution is -2.29. The first-order valence-electron chi connectivity index (χ1n) is 5.77. The number of likely N-dealkylation sites (N-methyl/N-ethyl adjacent to an activating group) is 1. The van der Waals surface area contributed by atoms with Gasteiger partial charge in [0.2, 0.25) is 5.91 Å². The summed E-state index contributed by atoms with van der Waals surface area (Å²) in [6, 6.07) is 6.15. The van der Waals surface area contributed by atoms with E-state index in [0.29, 0.717) is 12.1 Å². The van der Waals surface area contributed by atoms with Gasteiger partial charge in [-0.1, -0.05) is 17.7 Å². The molecule has 0 aromatic heterocycles. The van der Waals surface area contributed by atoms with Gasteiger partial charge in [0.25, 0.3) is 5.69 Å². The van der Waals surface area contributed by atoms with Gasteiger partial charge >= 0.3 is 0 Å². The van der Waals surface area contributed by atoms with Crippen molar-refractivity contribution in [3.8, 4) is 6.07 Å². The second-order valence-corrected chi connectivity index (χ2v) is 4.22. The molecule has 7 heteroatoms. The maximum absolute atomic E-state index is 11.8. The Hall–Kier alpha value is -2.39. The van der Waals surface area contributed by atoms with E-state index in [1.54, 1.807) is 13.0 Å². The molecule has 0 unspecified atom stereocenters. The van der Waals surface area contributed by atoms with Crippen molar-refractivity contribution in [2.45, 2.75) is 6.92 Å². The molecule has 0 radical (unpaired) electrons. The van der Waals surface area contributed by atoms with Gasteiger partial charge in [-0.2, -0.15) is 5.26 Å². The first kappa shape index (κ1) is 15.7. The van der Waals surface area contributed by atoms with Gasteiger partial charge in [-0.05, 0) is 24.6 Å². The highest BCUT2D eigenvalue weighted by molar-refractivity contribution is 6.32. The molecule has 0 aliphatic heterocycles. The van der Waals surface area contributed by atoms with Crippen molar-refractivity contribution in [3.63, 3.8) is 0 Å². The molecule has 1 rings (SSSR count). The van der Waals surface area contributed by atoms with Crippen molar-refractivity contribution in [2.75, 3.05) is 13.1 Å². The largest absolute Gasteiger partial charge is 0.326 e. The minimum atomic E-state index is -0.588. The number of hydrogen-bond donors (Lipinski definition) is 0. The van der Waals surface area contributed by atoms with Gasteiger partial charge < -0.3 is 4.90 Å². The molecule has 0 saturated carbocycles. The van der Waals surface area contributed by atoms with Crippen molar-refractivity contribution >= 4 is 29.3 Å². The molecule has 1 aromatic rings. The molecule has 1 amide bonds. The zero-order chi connectivity index (χ0) is 15.1. The third-order valence-corrected chi connectivity index (χ3v) is 2.86. The van der Waals surface area contributed by atoms with Crippen LogP contribution in [0.3, 0.4) is 0 Å². The molecule has 6 nitrogen and oxygen atoms in total. The van der Waals surface area contributed by atoms with Crippen LogP contribution in [0.1, 0.15) is 12.5 Å². The van der Waals surface area contributed by atoms with Crippen molar-refractivity contribution in [2.24, 2.45) is 0 Å². The summed E-state index contributed by atoms with van der Waals surface area (Å²) in [6.45, 7) is 2.17. The average molecular weight is 294 g/mol. The Balaban J connectivity index is 2.91. The fraction of sp³-hybridized carbons (Fsp3) is 0.231. The van der Waals surface area contributed by atoms with E-state index in [2.05, 4.69) is 0 Å². The Morgan fingerprint density at radius 2 is 2.30 bits per heavy atom. The van der Waals surface area contributed by atoms with Crippen molar-refractivity contribution in [1.82, 2.24) is 4.90 Å². The molecule has 1 aromatic carbocycles. The molecule has 20 heavy (non-hydrogen) atoms. The SMILES string of the molecule is CCN(CC#N)C(=O)C=Cc1ccc(Cl)c([N+](=O)[O-])c1. The number of carbonyl (C=O) groups is 1. The van der Waals surface area contributed by atoms with E-state index in [4.69, 9.17) is 16.9 Å². The molecule has 0 saturated heterocycles. The smallest absolute Gasteiger partial charge is 0.288 e. The Labute approximate surface area is 121 Å². The monoisotopic (exact) mass is 293 g/mol. The van der Waals surface area contributed by atoms with Gasteiger partial charge in [-0.15, -0.1) is 0 Å². The molecular weight excluding hydrogens is 282 g/mol. The molecule has 0 bridgehead atoms. The maximum Gasteiger partial charge on any atom is 0.288 e. The number of rotatable bonds is 5. The Bertz CT molecular complexity index is 593. The van der Waals surface area contributed by atoms with Crippen LogP contribution < -0.4 is 0 Å². The van der Waals surface area contributed by atoms with Crippen LogP contribution in [0.2, 0.25) is 5.02 Å². The first-order chi connectivity index (χ1) is 9.49. The fourth-order valence-electron chi connectivity index (χ4n) is 1.48. The lowest BCUT2D eigenvalue weighted by atomic mass is 10.2. The Kier molecular flexibility index (Phi) is 5.69. The highest BCUT2D eigenvalue weighted by atomic mass is 35.5. The van der Waals surface area contributed by atoms with Gasteiger partial charge in [0, 0.05) is 18.7 Å². The lowest BCUT2D eigenvalue weighted by Gasteiger charge is -2.14. The fourth-order valence-corrected chi connectivity index (χ4v) is 1.66. The van der Waals surface area contributed by atoms with Crippen LogP contribution >= 0.6 is 11.6 Å². The van der Waals surface area contributed by atoms with Crippen LogP contribution in [0.15, 0.2) is 24.3 Å². The predicted molar refractivity (Wildman–Crippen MR) is 75.0 cm³/mol. The molecule has 0 spiro atoms. The number of nitro benzene ring substituents is 1. The van der Waals surface area contributed by atoms with E-state index in [9.17, 15) is 14.9 Å². The number of nitriles is 1. The molecule has 0 fully saturated rings. The zero-order valence-corrected chi connectivity index (χ0v) is 11.5. The van der Waals surface area contributed by atoms with E-state index in [0.717, 1.165) is 0 Å². The first-order valence-corrected chi connectivity index (χ1v) is 6.15. The minimum absolute atomic E-state index is 0.000435. The molecule has 104 valence electrons. The quantitative estimate of drug-likeness (QED) is 0.361. The molecule has 0 aliphatic carbocycles. The van der Waals surface area contributed by atoms with Crippen LogP contribution in [-0.4, -0.2) is 28.8 Å². The van der Waals surface area contributed by atoms with Crippen LogP contribution in [0.4, 0.5) is 5.69 Å². The summed E-state index contributed by atoms with van der Waals surface area (Å²) in [5.41, 5.74) is 0.271. The van der Waals surface area contributed by atoms with E-state index in [-0.39, 0.29) is 23.2 Å². The molecule has 0 heterocycles. The van der Waals surface area contributed by atoms with Gasteiger partial charge in [0.05, 0.1) is 11.0 Å². The number of hydrogen-bond acceptors (Lipinski definition) is 4. The number of carbonyl (C=O) groups excluding carboxylic acids is 1. The highest BCUT2D eigenvalue weighted by Gasteiger charge is 2.12. The van der Waals surface area contributed by atoms with Gasteiger partial charge in [0.15, 0.2) is 0 Å². The third kappa shape index (κ3) is 4.07. The normalized spacial score (nSPS) is 10.2. The zero-order valence-electron chi connectivity index (χ0n) is 10.7. The summed E-state index contributed by atoms with van der Waals surface area (Å²) in [4.78, 5) is 23.2. The van der Waals surface area contributed by atoms with Crippen LogP contribution in [0.5, 0.6) is 0 Å². The van der Waals surface area contributed by atoms with E-state index in [1.165, 1.54) is 29.2 Å². The highest BCUT2D eigenvalue weighted by Crippen LogP contribution is 2.25. The van der Waals surface area contributed by atoms with Crippen molar-refractivity contribution in [1.29, 1.82) is 5.26 Å². The molecule has 0 N–H and O–H groups in total. The average Bonchev–Trinajstić information content (AvgIpc) is 2.43. The van der Waals surface area contributed by atoms with Crippen molar-refractivity contribution < 1.29 is 9.72 Å². The summed E-state index contributed by atoms with van der Waals surface area (Å²) >= 11 is 5.69. The number of benzene rings is 1. The second-order valence-electron chi connectivity index (χ2n) is 3.81. The minimum Gasteiger partial charge on any atom is -0.326 e. The van der Waals surface area contributed by atoms with Gasteiger partial charge in [-0.25, -0.2) is 0 Å². The molecule has 0 atom stereocenters. The van der Waals surface area contributed by atoms with E-state index in [1.807, 2.05) is 6.07 Å². The Morgan fingerprint density at radius 1 is 1.60 bits per heavy atom. The Morgan fingerprint density at radius 3 is 2.85 bits per heavy atom. The number of nitrogens with zero attached hydrogens (tertiary/aromatic N) is 3. The lowest BCUT2D eigenvalue weighted by molar-refractivity contribution is -0.384. The predicted octanol–water partition coefficient (Wildman–Crippen LogP) is 2.63. The van der Waals surface area contributed by atoms with Crippen LogP contribution in [0, 0.1) is 21.4 Å². The van der Waals surface area contributed by atoms with Crippen LogP contribution in [0.25, 0.3) is 6.08 Å². The summed E-state index contributed by atoms with van der Waals surface area (Å²) in [7, 11) is 0. The number of amides is 1. The molecular formula is C13H12ClN3O3. The summed E-state index contributed by atoms with van der Waals surface area (Å²) in [5.74, 6) is -0.327. The van der Waals surface area contributed by atoms with Crippen molar-refractivity contribution in [3.05, 3.63) is 45.0 Å².